The predicted octanol–water partition coefficient (Wildman–Crippen LogP) is 1.23. The molecule has 2 rings (SSSR count). The molecule has 1 aromatic rings. The van der Waals surface area contributed by atoms with Gasteiger partial charge >= 0.3 is 11.9 Å². The monoisotopic (exact) mass is 347 g/mol. The molecule has 1 saturated heterocycles. The van der Waals surface area contributed by atoms with Crippen LogP contribution in [0.5, 0.6) is 5.75 Å². The second kappa shape index (κ2) is 8.86. The van der Waals surface area contributed by atoms with Gasteiger partial charge in [-0.25, -0.2) is 9.59 Å². The van der Waals surface area contributed by atoms with Crippen molar-refractivity contribution in [2.24, 2.45) is 5.92 Å². The Bertz CT molecular complexity index is 642. The number of carbonyl (C=O) groups excluding carboxylic acids is 3. The third-order valence-corrected chi connectivity index (χ3v) is 3.83. The molecule has 1 aliphatic heterocycles. The van der Waals surface area contributed by atoms with Crippen LogP contribution in [-0.2, 0) is 23.9 Å². The molecule has 0 aliphatic carbocycles. The number of para-hydroxylation sites is 1. The fourth-order valence-corrected chi connectivity index (χ4v) is 2.55. The number of esters is 2. The molecule has 1 N–H and O–H groups in total. The van der Waals surface area contributed by atoms with Crippen molar-refractivity contribution in [3.8, 4) is 5.75 Å². The Morgan fingerprint density at radius 2 is 2.00 bits per heavy atom. The van der Waals surface area contributed by atoms with Gasteiger partial charge in [-0.05, 0) is 25.5 Å². The van der Waals surface area contributed by atoms with Gasteiger partial charge in [0.2, 0.25) is 5.91 Å². The number of hydrogen-bond acceptors (Lipinski definition) is 6. The normalized spacial score (nSPS) is 20.3. The van der Waals surface area contributed by atoms with Crippen LogP contribution in [0.3, 0.4) is 0 Å². The Labute approximate surface area is 145 Å². The average molecular weight is 347 g/mol. The number of ether oxygens (including phenoxy) is 3. The highest BCUT2D eigenvalue weighted by atomic mass is 16.6. The number of nitrogens with one attached hydrogen (secondary N) is 1. The molecule has 1 unspecified atom stereocenters. The summed E-state index contributed by atoms with van der Waals surface area (Å²) in [5.41, 5.74) is 0. The van der Waals surface area contributed by atoms with Crippen LogP contribution < -0.4 is 10.1 Å². The van der Waals surface area contributed by atoms with Gasteiger partial charge in [0.25, 0.3) is 0 Å². The number of hydrogen-bond donors (Lipinski definition) is 1. The maximum Gasteiger partial charge on any atom is 0.344 e. The number of benzene rings is 1. The lowest BCUT2D eigenvalue weighted by atomic mass is 9.84. The first-order chi connectivity index (χ1) is 12.0. The third kappa shape index (κ3) is 5.34. The molecule has 7 nitrogen and oxygen atoms in total. The highest BCUT2D eigenvalue weighted by Crippen LogP contribution is 2.24. The summed E-state index contributed by atoms with van der Waals surface area (Å²) in [7, 11) is 1.29. The van der Waals surface area contributed by atoms with Crippen molar-refractivity contribution in [3.63, 3.8) is 0 Å². The first kappa shape index (κ1) is 18.5. The van der Waals surface area contributed by atoms with E-state index in [-0.39, 0.29) is 18.6 Å². The van der Waals surface area contributed by atoms with E-state index in [0.29, 0.717) is 12.2 Å². The Morgan fingerprint density at radius 3 is 2.64 bits per heavy atom. The van der Waals surface area contributed by atoms with Crippen LogP contribution in [0.4, 0.5) is 0 Å². The van der Waals surface area contributed by atoms with Crippen LogP contribution in [0, 0.1) is 5.92 Å². The fourth-order valence-electron chi connectivity index (χ4n) is 2.55. The molecule has 0 saturated carbocycles. The number of amides is 1. The maximum absolute atomic E-state index is 11.9. The van der Waals surface area contributed by atoms with Crippen molar-refractivity contribution < 1.29 is 28.6 Å². The van der Waals surface area contributed by atoms with Crippen molar-refractivity contribution in [1.82, 2.24) is 5.32 Å². The first-order valence-electron chi connectivity index (χ1n) is 7.93. The van der Waals surface area contributed by atoms with Crippen molar-refractivity contribution in [2.75, 3.05) is 13.7 Å². The largest absolute Gasteiger partial charge is 0.482 e. The lowest BCUT2D eigenvalue weighted by Crippen LogP contribution is -2.62. The minimum atomic E-state index is -0.586. The van der Waals surface area contributed by atoms with E-state index in [9.17, 15) is 14.4 Å². The molecule has 7 heteroatoms. The Kier molecular flexibility index (Phi) is 6.56. The second-order valence-electron chi connectivity index (χ2n) is 5.60. The SMILES string of the molecule is COC(=O)/C=C/C[C@H]1NC(=O)[C@@H]1C(C)OC(=O)COc1ccccc1. The molecule has 1 aliphatic rings. The molecule has 0 spiro atoms. The Balaban J connectivity index is 1.78. The summed E-state index contributed by atoms with van der Waals surface area (Å²) in [6.45, 7) is 1.44. The van der Waals surface area contributed by atoms with E-state index in [2.05, 4.69) is 10.1 Å². The molecule has 1 amide bonds. The zero-order valence-corrected chi connectivity index (χ0v) is 14.1. The maximum atomic E-state index is 11.9. The molecule has 134 valence electrons. The molecule has 25 heavy (non-hydrogen) atoms. The molecule has 1 aromatic carbocycles. The minimum Gasteiger partial charge on any atom is -0.482 e. The quantitative estimate of drug-likeness (QED) is 0.432. The van der Waals surface area contributed by atoms with Crippen LogP contribution >= 0.6 is 0 Å². The van der Waals surface area contributed by atoms with Gasteiger partial charge in [-0.15, -0.1) is 0 Å². The number of methoxy groups -OCH3 is 1. The first-order valence-corrected chi connectivity index (χ1v) is 7.93. The molecule has 1 heterocycles. The highest BCUT2D eigenvalue weighted by molar-refractivity contribution is 5.87. The van der Waals surface area contributed by atoms with Crippen molar-refractivity contribution in [3.05, 3.63) is 42.5 Å². The summed E-state index contributed by atoms with van der Waals surface area (Å²) in [6, 6.07) is 8.73. The van der Waals surface area contributed by atoms with E-state index < -0.39 is 24.0 Å². The smallest absolute Gasteiger partial charge is 0.344 e. The summed E-state index contributed by atoms with van der Waals surface area (Å²) in [5, 5.41) is 2.73. The average Bonchev–Trinajstić information content (AvgIpc) is 2.59. The van der Waals surface area contributed by atoms with Gasteiger partial charge in [-0.1, -0.05) is 24.3 Å². The summed E-state index contributed by atoms with van der Waals surface area (Å²) < 4.78 is 15.1. The van der Waals surface area contributed by atoms with Gasteiger partial charge in [0.05, 0.1) is 13.0 Å². The van der Waals surface area contributed by atoms with Gasteiger partial charge in [-0.2, -0.15) is 0 Å². The summed E-state index contributed by atoms with van der Waals surface area (Å²) in [4.78, 5) is 34.7. The van der Waals surface area contributed by atoms with Gasteiger partial charge in [0.1, 0.15) is 11.9 Å². The fraction of sp³-hybridized carbons (Fsp3) is 0.389. The highest BCUT2D eigenvalue weighted by Gasteiger charge is 2.43. The van der Waals surface area contributed by atoms with E-state index in [0.717, 1.165) is 0 Å². The summed E-state index contributed by atoms with van der Waals surface area (Å²) in [5.74, 6) is -1.07. The van der Waals surface area contributed by atoms with Crippen molar-refractivity contribution >= 4 is 17.8 Å². The van der Waals surface area contributed by atoms with Crippen molar-refractivity contribution in [2.45, 2.75) is 25.5 Å². The Hall–Kier alpha value is -2.83. The van der Waals surface area contributed by atoms with E-state index in [4.69, 9.17) is 9.47 Å². The van der Waals surface area contributed by atoms with Gasteiger partial charge in [-0.3, -0.25) is 4.79 Å². The van der Waals surface area contributed by atoms with Crippen LogP contribution in [0.2, 0.25) is 0 Å². The minimum absolute atomic E-state index is 0.180. The molecule has 0 aromatic heterocycles. The van der Waals surface area contributed by atoms with Gasteiger partial charge < -0.3 is 19.5 Å². The van der Waals surface area contributed by atoms with E-state index in [1.165, 1.54) is 13.2 Å². The lowest BCUT2D eigenvalue weighted by molar-refractivity contribution is -0.160. The lowest BCUT2D eigenvalue weighted by Gasteiger charge is -2.39. The molecule has 0 bridgehead atoms. The van der Waals surface area contributed by atoms with Crippen LogP contribution in [0.15, 0.2) is 42.5 Å². The molecule has 0 radical (unpaired) electrons. The zero-order valence-electron chi connectivity index (χ0n) is 14.1. The Morgan fingerprint density at radius 1 is 1.28 bits per heavy atom. The molecular formula is C18H21NO6. The third-order valence-electron chi connectivity index (χ3n) is 3.83. The van der Waals surface area contributed by atoms with Crippen LogP contribution in [0.25, 0.3) is 0 Å². The molecule has 3 atom stereocenters. The van der Waals surface area contributed by atoms with Gasteiger partial charge in [0.15, 0.2) is 6.61 Å². The zero-order chi connectivity index (χ0) is 18.2. The number of carbonyl (C=O) groups is 3. The topological polar surface area (TPSA) is 90.9 Å². The van der Waals surface area contributed by atoms with E-state index >= 15 is 0 Å². The van der Waals surface area contributed by atoms with E-state index in [1.807, 2.05) is 6.07 Å². The number of β-lactam (4-membered cyclic amide) rings is 1. The van der Waals surface area contributed by atoms with Gasteiger partial charge in [0, 0.05) is 12.1 Å². The summed E-state index contributed by atoms with van der Waals surface area (Å²) in [6.07, 6.45) is 2.78. The van der Waals surface area contributed by atoms with Crippen LogP contribution in [-0.4, -0.2) is 43.7 Å². The number of rotatable bonds is 8. The summed E-state index contributed by atoms with van der Waals surface area (Å²) >= 11 is 0. The van der Waals surface area contributed by atoms with E-state index in [1.54, 1.807) is 37.3 Å². The standard InChI is InChI=1S/C18H21NO6/c1-12(25-16(21)11-24-13-7-4-3-5-8-13)17-14(19-18(17)22)9-6-10-15(20)23-2/h3-8,10,12,14,17H,9,11H2,1-2H3,(H,19,22)/b10-6+/t12?,14-,17-/m1/s1. The molecule has 1 fully saturated rings. The predicted molar refractivity (Wildman–Crippen MR) is 88.7 cm³/mol. The molecular weight excluding hydrogens is 326 g/mol. The van der Waals surface area contributed by atoms with Crippen molar-refractivity contribution in [1.29, 1.82) is 0 Å². The second-order valence-corrected chi connectivity index (χ2v) is 5.60. The van der Waals surface area contributed by atoms with Crippen LogP contribution in [0.1, 0.15) is 13.3 Å².